The summed E-state index contributed by atoms with van der Waals surface area (Å²) in [5, 5.41) is 7.90. The Balaban J connectivity index is 2.82. The molecule has 1 heterocycles. The predicted molar refractivity (Wildman–Crippen MR) is 74.9 cm³/mol. The number of nitrogens with zero attached hydrogens (tertiary/aromatic N) is 2. The molecule has 0 bridgehead atoms. The summed E-state index contributed by atoms with van der Waals surface area (Å²) in [6.07, 6.45) is 5.26. The summed E-state index contributed by atoms with van der Waals surface area (Å²) < 4.78 is 7.33. The van der Waals surface area contributed by atoms with E-state index in [0.717, 1.165) is 36.7 Å². The number of methoxy groups -OCH3 is 1. The Hall–Kier alpha value is -1.03. The molecule has 0 spiro atoms. The molecule has 1 rings (SSSR count). The molecule has 4 heteroatoms. The standard InChI is InChI=1S/C14H27N3O/c1-6-9-15-12(8-7-11(2)3)14-13(18-5)10-16-17(14)4/h10-12,15H,6-9H2,1-5H3. The molecular weight excluding hydrogens is 226 g/mol. The third-order valence-electron chi connectivity index (χ3n) is 3.17. The van der Waals surface area contributed by atoms with Crippen molar-refractivity contribution in [3.63, 3.8) is 0 Å². The molecule has 1 N–H and O–H groups in total. The summed E-state index contributed by atoms with van der Waals surface area (Å²) in [5.74, 6) is 1.60. The third kappa shape index (κ3) is 4.02. The van der Waals surface area contributed by atoms with E-state index in [9.17, 15) is 0 Å². The van der Waals surface area contributed by atoms with Gasteiger partial charge in [-0.1, -0.05) is 20.8 Å². The Morgan fingerprint density at radius 3 is 2.67 bits per heavy atom. The number of ether oxygens (including phenoxy) is 1. The van der Waals surface area contributed by atoms with Gasteiger partial charge in [-0.2, -0.15) is 5.10 Å². The van der Waals surface area contributed by atoms with Gasteiger partial charge in [0.1, 0.15) is 0 Å². The lowest BCUT2D eigenvalue weighted by Crippen LogP contribution is -2.25. The maximum atomic E-state index is 5.41. The van der Waals surface area contributed by atoms with Gasteiger partial charge in [0.15, 0.2) is 5.75 Å². The summed E-state index contributed by atoms with van der Waals surface area (Å²) in [7, 11) is 3.69. The second kappa shape index (κ2) is 7.41. The highest BCUT2D eigenvalue weighted by atomic mass is 16.5. The zero-order valence-electron chi connectivity index (χ0n) is 12.4. The van der Waals surface area contributed by atoms with E-state index in [-0.39, 0.29) is 0 Å². The second-order valence-electron chi connectivity index (χ2n) is 5.20. The Kier molecular flexibility index (Phi) is 6.19. The quantitative estimate of drug-likeness (QED) is 0.774. The molecule has 104 valence electrons. The maximum Gasteiger partial charge on any atom is 0.161 e. The normalized spacial score (nSPS) is 13.0. The SMILES string of the molecule is CCCNC(CCC(C)C)c1c(OC)cnn1C. The van der Waals surface area contributed by atoms with Gasteiger partial charge in [0.25, 0.3) is 0 Å². The number of rotatable bonds is 8. The smallest absolute Gasteiger partial charge is 0.161 e. The van der Waals surface area contributed by atoms with Crippen LogP contribution in [0.4, 0.5) is 0 Å². The average molecular weight is 253 g/mol. The van der Waals surface area contributed by atoms with Crippen molar-refractivity contribution in [1.29, 1.82) is 0 Å². The minimum Gasteiger partial charge on any atom is -0.493 e. The van der Waals surface area contributed by atoms with Gasteiger partial charge in [0.05, 0.1) is 25.0 Å². The van der Waals surface area contributed by atoms with Crippen molar-refractivity contribution in [2.75, 3.05) is 13.7 Å². The van der Waals surface area contributed by atoms with Crippen LogP contribution >= 0.6 is 0 Å². The Morgan fingerprint density at radius 1 is 1.39 bits per heavy atom. The van der Waals surface area contributed by atoms with Gasteiger partial charge in [0, 0.05) is 7.05 Å². The van der Waals surface area contributed by atoms with E-state index in [1.807, 2.05) is 11.7 Å². The molecule has 0 saturated heterocycles. The molecule has 0 saturated carbocycles. The Labute approximate surface area is 111 Å². The summed E-state index contributed by atoms with van der Waals surface area (Å²) in [4.78, 5) is 0. The van der Waals surface area contributed by atoms with E-state index in [2.05, 4.69) is 31.2 Å². The first-order valence-electron chi connectivity index (χ1n) is 6.89. The molecule has 4 nitrogen and oxygen atoms in total. The van der Waals surface area contributed by atoms with Gasteiger partial charge in [-0.15, -0.1) is 0 Å². The van der Waals surface area contributed by atoms with Crippen molar-refractivity contribution in [2.45, 2.75) is 46.1 Å². The van der Waals surface area contributed by atoms with E-state index in [1.165, 1.54) is 6.42 Å². The summed E-state index contributed by atoms with van der Waals surface area (Å²) in [6.45, 7) is 7.73. The van der Waals surface area contributed by atoms with Crippen molar-refractivity contribution >= 4 is 0 Å². The molecule has 0 aliphatic heterocycles. The zero-order valence-corrected chi connectivity index (χ0v) is 12.4. The number of hydrogen-bond donors (Lipinski definition) is 1. The van der Waals surface area contributed by atoms with E-state index < -0.39 is 0 Å². The molecule has 0 aromatic carbocycles. The lowest BCUT2D eigenvalue weighted by molar-refractivity contribution is 0.377. The monoisotopic (exact) mass is 253 g/mol. The maximum absolute atomic E-state index is 5.41. The fourth-order valence-electron chi connectivity index (χ4n) is 2.14. The van der Waals surface area contributed by atoms with Crippen molar-refractivity contribution in [1.82, 2.24) is 15.1 Å². The first-order chi connectivity index (χ1) is 8.60. The number of aryl methyl sites for hydroxylation is 1. The highest BCUT2D eigenvalue weighted by Crippen LogP contribution is 2.28. The van der Waals surface area contributed by atoms with Crippen LogP contribution in [0.5, 0.6) is 5.75 Å². The van der Waals surface area contributed by atoms with Gasteiger partial charge in [-0.3, -0.25) is 4.68 Å². The van der Waals surface area contributed by atoms with E-state index in [1.54, 1.807) is 13.3 Å². The molecule has 1 atom stereocenters. The molecule has 0 aliphatic carbocycles. The van der Waals surface area contributed by atoms with Crippen LogP contribution in [0.1, 0.15) is 51.8 Å². The molecule has 1 aromatic heterocycles. The molecule has 1 aromatic rings. The van der Waals surface area contributed by atoms with Crippen LogP contribution in [0, 0.1) is 5.92 Å². The van der Waals surface area contributed by atoms with Gasteiger partial charge in [0.2, 0.25) is 0 Å². The predicted octanol–water partition coefficient (Wildman–Crippen LogP) is 2.91. The van der Waals surface area contributed by atoms with E-state index >= 15 is 0 Å². The Morgan fingerprint density at radius 2 is 2.11 bits per heavy atom. The van der Waals surface area contributed by atoms with Crippen LogP contribution in [-0.4, -0.2) is 23.4 Å². The van der Waals surface area contributed by atoms with Crippen LogP contribution in [0.25, 0.3) is 0 Å². The fraction of sp³-hybridized carbons (Fsp3) is 0.786. The Bertz CT molecular complexity index is 347. The van der Waals surface area contributed by atoms with Crippen LogP contribution in [0.2, 0.25) is 0 Å². The lowest BCUT2D eigenvalue weighted by atomic mass is 10.0. The summed E-state index contributed by atoms with van der Waals surface area (Å²) in [6, 6.07) is 0.329. The van der Waals surface area contributed by atoms with E-state index in [0.29, 0.717) is 6.04 Å². The second-order valence-corrected chi connectivity index (χ2v) is 5.20. The number of aromatic nitrogens is 2. The molecule has 0 fully saturated rings. The van der Waals surface area contributed by atoms with E-state index in [4.69, 9.17) is 4.74 Å². The molecule has 1 unspecified atom stereocenters. The van der Waals surface area contributed by atoms with Crippen molar-refractivity contribution in [2.24, 2.45) is 13.0 Å². The molecular formula is C14H27N3O. The molecule has 18 heavy (non-hydrogen) atoms. The minimum atomic E-state index is 0.329. The number of hydrogen-bond acceptors (Lipinski definition) is 3. The average Bonchev–Trinajstić information content (AvgIpc) is 2.71. The van der Waals surface area contributed by atoms with Crippen molar-refractivity contribution < 1.29 is 4.74 Å². The van der Waals surface area contributed by atoms with Crippen LogP contribution < -0.4 is 10.1 Å². The first kappa shape index (κ1) is 15.0. The van der Waals surface area contributed by atoms with Crippen LogP contribution in [-0.2, 0) is 7.05 Å². The lowest BCUT2D eigenvalue weighted by Gasteiger charge is -2.21. The third-order valence-corrected chi connectivity index (χ3v) is 3.17. The zero-order chi connectivity index (χ0) is 13.5. The molecule has 0 amide bonds. The van der Waals surface area contributed by atoms with Gasteiger partial charge < -0.3 is 10.1 Å². The van der Waals surface area contributed by atoms with Gasteiger partial charge in [-0.05, 0) is 31.7 Å². The van der Waals surface area contributed by atoms with Crippen molar-refractivity contribution in [3.8, 4) is 5.75 Å². The minimum absolute atomic E-state index is 0.329. The molecule has 0 aliphatic rings. The van der Waals surface area contributed by atoms with Crippen LogP contribution in [0.3, 0.4) is 0 Å². The number of nitrogens with one attached hydrogen (secondary N) is 1. The van der Waals surface area contributed by atoms with Gasteiger partial charge in [-0.25, -0.2) is 0 Å². The highest BCUT2D eigenvalue weighted by molar-refractivity contribution is 5.28. The molecule has 0 radical (unpaired) electrons. The fourth-order valence-corrected chi connectivity index (χ4v) is 2.14. The van der Waals surface area contributed by atoms with Crippen LogP contribution in [0.15, 0.2) is 6.20 Å². The first-order valence-corrected chi connectivity index (χ1v) is 6.89. The van der Waals surface area contributed by atoms with Gasteiger partial charge >= 0.3 is 0 Å². The van der Waals surface area contributed by atoms with Crippen molar-refractivity contribution in [3.05, 3.63) is 11.9 Å². The largest absolute Gasteiger partial charge is 0.493 e. The highest BCUT2D eigenvalue weighted by Gasteiger charge is 2.20. The summed E-state index contributed by atoms with van der Waals surface area (Å²) in [5.41, 5.74) is 1.16. The topological polar surface area (TPSA) is 39.1 Å². The summed E-state index contributed by atoms with van der Waals surface area (Å²) >= 11 is 0.